The van der Waals surface area contributed by atoms with E-state index >= 15 is 0 Å². The van der Waals surface area contributed by atoms with Crippen molar-refractivity contribution < 1.29 is 19.4 Å². The number of amides is 1. The first-order chi connectivity index (χ1) is 9.02. The molecular formula is C14H21NO4. The van der Waals surface area contributed by atoms with E-state index in [0.29, 0.717) is 19.4 Å². The Morgan fingerprint density at radius 2 is 2.00 bits per heavy atom. The Kier molecular flexibility index (Phi) is 4.24. The van der Waals surface area contributed by atoms with Crippen LogP contribution in [0.2, 0.25) is 0 Å². The second-order valence-electron chi connectivity index (χ2n) is 5.70. The minimum Gasteiger partial charge on any atom is -0.481 e. The third-order valence-electron chi connectivity index (χ3n) is 3.95. The number of carbonyl (C=O) groups excluding carboxylic acids is 1. The van der Waals surface area contributed by atoms with E-state index in [2.05, 4.69) is 5.32 Å². The number of hydrogen-bond donors (Lipinski definition) is 2. The Hall–Kier alpha value is -1.36. The SMILES string of the molecule is CC1(NC(=O)[C@@H]2CC=CC[C@@H]2C(=O)O)CCCOC1. The highest BCUT2D eigenvalue weighted by Crippen LogP contribution is 2.27. The molecule has 1 amide bonds. The molecule has 2 aliphatic rings. The van der Waals surface area contributed by atoms with Gasteiger partial charge in [0.2, 0.25) is 5.91 Å². The molecule has 106 valence electrons. The summed E-state index contributed by atoms with van der Waals surface area (Å²) in [7, 11) is 0. The number of carboxylic acid groups (broad SMARTS) is 1. The molecule has 1 saturated heterocycles. The number of allylic oxidation sites excluding steroid dienone is 2. The molecule has 19 heavy (non-hydrogen) atoms. The number of rotatable bonds is 3. The van der Waals surface area contributed by atoms with Crippen molar-refractivity contribution in [1.82, 2.24) is 5.32 Å². The Balaban J connectivity index is 2.01. The van der Waals surface area contributed by atoms with Gasteiger partial charge in [0.25, 0.3) is 0 Å². The predicted molar refractivity (Wildman–Crippen MR) is 69.6 cm³/mol. The molecule has 1 aliphatic heterocycles. The first kappa shape index (κ1) is 14.1. The second-order valence-corrected chi connectivity index (χ2v) is 5.70. The monoisotopic (exact) mass is 267 g/mol. The van der Waals surface area contributed by atoms with Crippen molar-refractivity contribution in [1.29, 1.82) is 0 Å². The summed E-state index contributed by atoms with van der Waals surface area (Å²) in [5.74, 6) is -2.14. The highest BCUT2D eigenvalue weighted by molar-refractivity contribution is 5.85. The molecule has 0 aromatic heterocycles. The summed E-state index contributed by atoms with van der Waals surface area (Å²) < 4.78 is 5.40. The average Bonchev–Trinajstić information content (AvgIpc) is 2.39. The van der Waals surface area contributed by atoms with Crippen molar-refractivity contribution in [2.45, 2.75) is 38.1 Å². The highest BCUT2D eigenvalue weighted by atomic mass is 16.5. The third kappa shape index (κ3) is 3.35. The number of hydrogen-bond acceptors (Lipinski definition) is 3. The van der Waals surface area contributed by atoms with Crippen molar-refractivity contribution in [3.63, 3.8) is 0 Å². The van der Waals surface area contributed by atoms with E-state index in [1.165, 1.54) is 0 Å². The first-order valence-electron chi connectivity index (χ1n) is 6.79. The van der Waals surface area contributed by atoms with Gasteiger partial charge in [-0.25, -0.2) is 0 Å². The van der Waals surface area contributed by atoms with Gasteiger partial charge in [-0.15, -0.1) is 0 Å². The van der Waals surface area contributed by atoms with E-state index < -0.39 is 17.8 Å². The summed E-state index contributed by atoms with van der Waals surface area (Å²) in [6, 6.07) is 0. The molecule has 3 atom stereocenters. The molecule has 1 unspecified atom stereocenters. The van der Waals surface area contributed by atoms with Crippen LogP contribution < -0.4 is 5.32 Å². The number of ether oxygens (including phenoxy) is 1. The van der Waals surface area contributed by atoms with E-state index in [4.69, 9.17) is 4.74 Å². The van der Waals surface area contributed by atoms with Gasteiger partial charge in [0, 0.05) is 6.61 Å². The minimum absolute atomic E-state index is 0.162. The molecule has 0 radical (unpaired) electrons. The standard InChI is InChI=1S/C14H21NO4/c1-14(7-4-8-19-9-14)15-12(16)10-5-2-3-6-11(10)13(17)18/h2-3,10-11H,4-9H2,1H3,(H,15,16)(H,17,18)/t10-,11+,14?/m1/s1. The fourth-order valence-corrected chi connectivity index (χ4v) is 2.80. The molecular weight excluding hydrogens is 246 g/mol. The smallest absolute Gasteiger partial charge is 0.307 e. The van der Waals surface area contributed by atoms with Crippen molar-refractivity contribution in [2.75, 3.05) is 13.2 Å². The van der Waals surface area contributed by atoms with Crippen LogP contribution in [0, 0.1) is 11.8 Å². The molecule has 0 spiro atoms. The zero-order valence-electron chi connectivity index (χ0n) is 11.2. The van der Waals surface area contributed by atoms with Crippen molar-refractivity contribution in [3.05, 3.63) is 12.2 Å². The first-order valence-corrected chi connectivity index (χ1v) is 6.79. The number of aliphatic carboxylic acids is 1. The summed E-state index contributed by atoms with van der Waals surface area (Å²) in [4.78, 5) is 23.5. The van der Waals surface area contributed by atoms with Crippen LogP contribution >= 0.6 is 0 Å². The van der Waals surface area contributed by atoms with Gasteiger partial charge >= 0.3 is 5.97 Å². The van der Waals surface area contributed by atoms with E-state index in [-0.39, 0.29) is 11.4 Å². The van der Waals surface area contributed by atoms with Crippen LogP contribution in [0.3, 0.4) is 0 Å². The lowest BCUT2D eigenvalue weighted by molar-refractivity contribution is -0.148. The van der Waals surface area contributed by atoms with Crippen LogP contribution in [0.1, 0.15) is 32.6 Å². The van der Waals surface area contributed by atoms with Gasteiger partial charge in [-0.3, -0.25) is 9.59 Å². The van der Waals surface area contributed by atoms with Gasteiger partial charge in [-0.1, -0.05) is 12.2 Å². The van der Waals surface area contributed by atoms with Crippen LogP contribution in [0.4, 0.5) is 0 Å². The summed E-state index contributed by atoms with van der Waals surface area (Å²) in [5, 5.41) is 12.2. The summed E-state index contributed by atoms with van der Waals surface area (Å²) in [6.45, 7) is 3.19. The van der Waals surface area contributed by atoms with Crippen molar-refractivity contribution in [3.8, 4) is 0 Å². The van der Waals surface area contributed by atoms with Gasteiger partial charge in [0.15, 0.2) is 0 Å². The van der Waals surface area contributed by atoms with Gasteiger partial charge in [0.05, 0.1) is 24.0 Å². The zero-order chi connectivity index (χ0) is 13.9. The number of nitrogens with one attached hydrogen (secondary N) is 1. The lowest BCUT2D eigenvalue weighted by Crippen LogP contribution is -2.54. The summed E-state index contributed by atoms with van der Waals surface area (Å²) in [6.07, 6.45) is 6.46. The van der Waals surface area contributed by atoms with Crippen LogP contribution in [0.5, 0.6) is 0 Å². The van der Waals surface area contributed by atoms with Crippen molar-refractivity contribution >= 4 is 11.9 Å². The van der Waals surface area contributed by atoms with E-state index in [1.54, 1.807) is 0 Å². The Morgan fingerprint density at radius 1 is 1.32 bits per heavy atom. The quantitative estimate of drug-likeness (QED) is 0.757. The Morgan fingerprint density at radius 3 is 2.58 bits per heavy atom. The Labute approximate surface area is 113 Å². The lowest BCUT2D eigenvalue weighted by atomic mass is 9.81. The number of carboxylic acids is 1. The fourth-order valence-electron chi connectivity index (χ4n) is 2.80. The second kappa shape index (κ2) is 5.74. The van der Waals surface area contributed by atoms with Gasteiger partial charge in [-0.2, -0.15) is 0 Å². The molecule has 2 N–H and O–H groups in total. The van der Waals surface area contributed by atoms with Crippen LogP contribution in [-0.2, 0) is 14.3 Å². The molecule has 0 saturated carbocycles. The largest absolute Gasteiger partial charge is 0.481 e. The molecule has 1 fully saturated rings. The predicted octanol–water partition coefficient (Wildman–Crippen LogP) is 1.34. The summed E-state index contributed by atoms with van der Waals surface area (Å²) >= 11 is 0. The van der Waals surface area contributed by atoms with Crippen LogP contribution in [-0.4, -0.2) is 35.7 Å². The number of carbonyl (C=O) groups is 2. The van der Waals surface area contributed by atoms with Gasteiger partial charge < -0.3 is 15.2 Å². The maximum Gasteiger partial charge on any atom is 0.307 e. The average molecular weight is 267 g/mol. The van der Waals surface area contributed by atoms with Gasteiger partial charge in [-0.05, 0) is 32.6 Å². The maximum atomic E-state index is 12.3. The lowest BCUT2D eigenvalue weighted by Gasteiger charge is -2.36. The zero-order valence-corrected chi connectivity index (χ0v) is 11.2. The molecule has 0 aromatic carbocycles. The van der Waals surface area contributed by atoms with E-state index in [0.717, 1.165) is 19.4 Å². The molecule has 5 nitrogen and oxygen atoms in total. The van der Waals surface area contributed by atoms with E-state index in [1.807, 2.05) is 19.1 Å². The fraction of sp³-hybridized carbons (Fsp3) is 0.714. The van der Waals surface area contributed by atoms with Crippen LogP contribution in [0.15, 0.2) is 12.2 Å². The Bertz CT molecular complexity index is 385. The van der Waals surface area contributed by atoms with Gasteiger partial charge in [0.1, 0.15) is 0 Å². The topological polar surface area (TPSA) is 75.6 Å². The third-order valence-corrected chi connectivity index (χ3v) is 3.95. The van der Waals surface area contributed by atoms with E-state index in [9.17, 15) is 14.7 Å². The summed E-state index contributed by atoms with van der Waals surface area (Å²) in [5.41, 5.74) is -0.362. The molecule has 1 aliphatic carbocycles. The van der Waals surface area contributed by atoms with Crippen LogP contribution in [0.25, 0.3) is 0 Å². The molecule has 2 rings (SSSR count). The normalized spacial score (nSPS) is 34.8. The highest BCUT2D eigenvalue weighted by Gasteiger charge is 2.37. The minimum atomic E-state index is -0.894. The molecule has 1 heterocycles. The molecule has 0 bridgehead atoms. The molecule has 0 aromatic rings. The van der Waals surface area contributed by atoms with Crippen molar-refractivity contribution in [2.24, 2.45) is 11.8 Å². The molecule has 5 heteroatoms. The maximum absolute atomic E-state index is 12.3.